The molecule has 1 aliphatic rings. The van der Waals surface area contributed by atoms with Gasteiger partial charge in [-0.2, -0.15) is 8.42 Å². The van der Waals surface area contributed by atoms with Gasteiger partial charge in [-0.25, -0.2) is 10.1 Å². The molecule has 3 N–H and O–H groups in total. The van der Waals surface area contributed by atoms with Crippen molar-refractivity contribution in [3.8, 4) is 11.6 Å². The molecule has 9 nitrogen and oxygen atoms in total. The van der Waals surface area contributed by atoms with E-state index in [2.05, 4.69) is 19.7 Å². The van der Waals surface area contributed by atoms with Crippen molar-refractivity contribution in [3.05, 3.63) is 77.7 Å². The second-order valence-corrected chi connectivity index (χ2v) is 8.04. The van der Waals surface area contributed by atoms with Crippen molar-refractivity contribution in [2.75, 3.05) is 11.4 Å². The summed E-state index contributed by atoms with van der Waals surface area (Å²) in [4.78, 5) is 9.84. The number of nitrogens with two attached hydrogens (primary N) is 1. The van der Waals surface area contributed by atoms with Crippen molar-refractivity contribution in [1.82, 2.24) is 15.3 Å². The second kappa shape index (κ2) is 8.27. The number of halogens is 1. The molecule has 0 bridgehead atoms. The maximum absolute atomic E-state index is 11.6. The summed E-state index contributed by atoms with van der Waals surface area (Å²) in [5, 5.41) is 8.71. The van der Waals surface area contributed by atoms with Gasteiger partial charge in [-0.1, -0.05) is 23.7 Å². The van der Waals surface area contributed by atoms with Crippen molar-refractivity contribution in [2.45, 2.75) is 6.04 Å². The van der Waals surface area contributed by atoms with Crippen LogP contribution in [0, 0.1) is 0 Å². The van der Waals surface area contributed by atoms with Crippen molar-refractivity contribution in [2.24, 2.45) is 9.54 Å². The molecule has 2 heterocycles. The van der Waals surface area contributed by atoms with Gasteiger partial charge in [-0.3, -0.25) is 4.98 Å². The Morgan fingerprint density at radius 2 is 2.00 bits per heavy atom. The molecule has 2 aromatic carbocycles. The first-order valence-electron chi connectivity index (χ1n) is 8.84. The quantitative estimate of drug-likeness (QED) is 0.620. The molecule has 30 heavy (non-hydrogen) atoms. The first kappa shape index (κ1) is 20.1. The molecule has 1 aliphatic heterocycles. The molecule has 0 unspecified atom stereocenters. The standard InChI is InChI=1S/C19H17ClN6O3S/c20-14-4-6-15(7-5-14)26-17(11-24-19(26)25-30(21,27)28)13-2-1-3-16(10-13)29-18-12-22-8-9-23-18/h1-10,12,17H,11H2,(H,24,25)(H2,21,27,28)/t17-/m1/s1. The normalized spacial score (nSPS) is 17.7. The number of hydrogen-bond acceptors (Lipinski definition) is 5. The van der Waals surface area contributed by atoms with E-state index in [1.807, 2.05) is 18.2 Å². The van der Waals surface area contributed by atoms with Crippen LogP contribution in [0.1, 0.15) is 11.6 Å². The highest BCUT2D eigenvalue weighted by Gasteiger charge is 2.33. The monoisotopic (exact) mass is 444 g/mol. The van der Waals surface area contributed by atoms with Gasteiger partial charge >= 0.3 is 10.2 Å². The summed E-state index contributed by atoms with van der Waals surface area (Å²) >= 11 is 6.00. The Labute approximate surface area is 178 Å². The molecule has 0 spiro atoms. The minimum atomic E-state index is -4.09. The van der Waals surface area contributed by atoms with Crippen LogP contribution in [0.4, 0.5) is 5.69 Å². The lowest BCUT2D eigenvalue weighted by molar-refractivity contribution is 0.459. The van der Waals surface area contributed by atoms with Crippen molar-refractivity contribution >= 4 is 33.5 Å². The molecule has 0 radical (unpaired) electrons. The Balaban J connectivity index is 1.70. The van der Waals surface area contributed by atoms with E-state index in [0.29, 0.717) is 28.9 Å². The maximum Gasteiger partial charge on any atom is 0.320 e. The Morgan fingerprint density at radius 1 is 1.20 bits per heavy atom. The molecule has 1 fully saturated rings. The van der Waals surface area contributed by atoms with Crippen LogP contribution in [0.2, 0.25) is 5.02 Å². The molecule has 0 aliphatic carbocycles. The van der Waals surface area contributed by atoms with Gasteiger partial charge in [0.1, 0.15) is 5.75 Å². The molecular formula is C19H17ClN6O3S. The fourth-order valence-corrected chi connectivity index (χ4v) is 3.64. The highest BCUT2D eigenvalue weighted by Crippen LogP contribution is 2.33. The van der Waals surface area contributed by atoms with E-state index in [0.717, 1.165) is 5.56 Å². The molecular weight excluding hydrogens is 428 g/mol. The molecule has 11 heteroatoms. The third kappa shape index (κ3) is 4.67. The van der Waals surface area contributed by atoms with E-state index >= 15 is 0 Å². The predicted octanol–water partition coefficient (Wildman–Crippen LogP) is 2.63. The number of ether oxygens (including phenoxy) is 1. The summed E-state index contributed by atoms with van der Waals surface area (Å²) in [6.45, 7) is 0.408. The summed E-state index contributed by atoms with van der Waals surface area (Å²) < 4.78 is 32.6. The number of guanidine groups is 1. The van der Waals surface area contributed by atoms with E-state index < -0.39 is 10.2 Å². The van der Waals surface area contributed by atoms with Gasteiger partial charge in [0.05, 0.1) is 12.2 Å². The number of benzene rings is 2. The highest BCUT2D eigenvalue weighted by molar-refractivity contribution is 7.88. The number of rotatable bonds is 5. The molecule has 1 atom stereocenters. The SMILES string of the molecule is NS(=O)(=O)/N=C1\NC[C@H](c2cccc(Oc3cnccn3)c2)N1c1ccc(Cl)cc1. The largest absolute Gasteiger partial charge is 0.437 e. The number of hydrogen-bond donors (Lipinski definition) is 2. The molecule has 1 aromatic heterocycles. The average Bonchev–Trinajstić information content (AvgIpc) is 3.11. The van der Waals surface area contributed by atoms with E-state index in [1.54, 1.807) is 47.6 Å². The Hall–Kier alpha value is -3.21. The fourth-order valence-electron chi connectivity index (χ4n) is 3.12. The summed E-state index contributed by atoms with van der Waals surface area (Å²) in [5.41, 5.74) is 1.58. The zero-order chi connectivity index (χ0) is 21.1. The van der Waals surface area contributed by atoms with Crippen LogP contribution in [0.3, 0.4) is 0 Å². The first-order valence-corrected chi connectivity index (χ1v) is 10.7. The molecule has 4 rings (SSSR count). The molecule has 3 aromatic rings. The van der Waals surface area contributed by atoms with Gasteiger partial charge in [-0.05, 0) is 42.0 Å². The van der Waals surface area contributed by atoms with Gasteiger partial charge in [0.15, 0.2) is 0 Å². The Morgan fingerprint density at radius 3 is 2.70 bits per heavy atom. The number of aromatic nitrogens is 2. The van der Waals surface area contributed by atoms with Crippen LogP contribution in [0.5, 0.6) is 11.6 Å². The summed E-state index contributed by atoms with van der Waals surface area (Å²) in [7, 11) is -4.09. The molecule has 0 amide bonds. The van der Waals surface area contributed by atoms with E-state index in [9.17, 15) is 8.42 Å². The average molecular weight is 445 g/mol. The zero-order valence-corrected chi connectivity index (χ0v) is 17.1. The van der Waals surface area contributed by atoms with Gasteiger partial charge in [0, 0.05) is 29.6 Å². The minimum absolute atomic E-state index is 0.130. The maximum atomic E-state index is 11.6. The van der Waals surface area contributed by atoms with Gasteiger partial charge in [0.2, 0.25) is 11.8 Å². The Kier molecular flexibility index (Phi) is 5.53. The van der Waals surface area contributed by atoms with Crippen molar-refractivity contribution in [3.63, 3.8) is 0 Å². The number of nitrogens with one attached hydrogen (secondary N) is 1. The lowest BCUT2D eigenvalue weighted by atomic mass is 10.1. The fraction of sp³-hybridized carbons (Fsp3) is 0.105. The van der Waals surface area contributed by atoms with Crippen LogP contribution in [-0.2, 0) is 10.2 Å². The third-order valence-electron chi connectivity index (χ3n) is 4.32. The second-order valence-electron chi connectivity index (χ2n) is 6.39. The van der Waals surface area contributed by atoms with Crippen molar-refractivity contribution in [1.29, 1.82) is 0 Å². The number of nitrogens with zero attached hydrogens (tertiary/aromatic N) is 4. The van der Waals surface area contributed by atoms with Gasteiger partial charge < -0.3 is 15.0 Å². The molecule has 154 valence electrons. The van der Waals surface area contributed by atoms with Crippen LogP contribution in [0.15, 0.2) is 71.5 Å². The van der Waals surface area contributed by atoms with Gasteiger partial charge in [-0.15, -0.1) is 4.40 Å². The lowest BCUT2D eigenvalue weighted by Crippen LogP contribution is -2.33. The van der Waals surface area contributed by atoms with Crippen LogP contribution < -0.4 is 20.1 Å². The Bertz CT molecular complexity index is 1170. The zero-order valence-electron chi connectivity index (χ0n) is 15.5. The minimum Gasteiger partial charge on any atom is -0.437 e. The predicted molar refractivity (Wildman–Crippen MR) is 114 cm³/mol. The van der Waals surface area contributed by atoms with Crippen molar-refractivity contribution < 1.29 is 13.2 Å². The first-order chi connectivity index (χ1) is 14.4. The summed E-state index contributed by atoms with van der Waals surface area (Å²) in [5.74, 6) is 1.07. The van der Waals surface area contributed by atoms with E-state index in [1.165, 1.54) is 6.20 Å². The van der Waals surface area contributed by atoms with Crippen LogP contribution in [-0.4, -0.2) is 30.9 Å². The van der Waals surface area contributed by atoms with E-state index in [-0.39, 0.29) is 12.0 Å². The number of anilines is 1. The lowest BCUT2D eigenvalue weighted by Gasteiger charge is -2.25. The van der Waals surface area contributed by atoms with Crippen LogP contribution in [0.25, 0.3) is 0 Å². The molecule has 0 saturated carbocycles. The smallest absolute Gasteiger partial charge is 0.320 e. The summed E-state index contributed by atoms with van der Waals surface area (Å²) in [6.07, 6.45) is 4.61. The molecule has 1 saturated heterocycles. The van der Waals surface area contributed by atoms with Crippen LogP contribution >= 0.6 is 11.6 Å². The van der Waals surface area contributed by atoms with E-state index in [4.69, 9.17) is 21.5 Å². The summed E-state index contributed by atoms with van der Waals surface area (Å²) in [6, 6.07) is 14.1. The van der Waals surface area contributed by atoms with Gasteiger partial charge in [0.25, 0.3) is 0 Å². The highest BCUT2D eigenvalue weighted by atomic mass is 35.5. The topological polar surface area (TPSA) is 123 Å². The third-order valence-corrected chi connectivity index (χ3v) is 5.00.